The molecule has 0 bridgehead atoms. The number of nitrogens with zero attached hydrogens (tertiary/aromatic N) is 2. The Morgan fingerprint density at radius 1 is 0.742 bits per heavy atom. The van der Waals surface area contributed by atoms with Crippen molar-refractivity contribution in [1.82, 2.24) is 19.9 Å². The number of aromatic nitrogens is 4. The number of aromatic amines is 2. The normalized spacial score (nSPS) is 12.8. The molecular formula is C27H28N4. The molecular weight excluding hydrogens is 380 g/mol. The van der Waals surface area contributed by atoms with Crippen LogP contribution in [0.3, 0.4) is 0 Å². The van der Waals surface area contributed by atoms with Crippen LogP contribution in [0, 0.1) is 0 Å². The zero-order chi connectivity index (χ0) is 21.5. The molecule has 0 aliphatic carbocycles. The fraction of sp³-hybridized carbons (Fsp3) is 0.259. The number of hydrogen-bond acceptors (Lipinski definition) is 2. The topological polar surface area (TPSA) is 57.4 Å². The van der Waals surface area contributed by atoms with Crippen LogP contribution in [-0.2, 0) is 0 Å². The zero-order valence-electron chi connectivity index (χ0n) is 18.5. The zero-order valence-corrected chi connectivity index (χ0v) is 18.5. The Labute approximate surface area is 182 Å². The lowest BCUT2D eigenvalue weighted by Crippen LogP contribution is -1.91. The Morgan fingerprint density at radius 3 is 2.10 bits per heavy atom. The first-order chi connectivity index (χ1) is 15.0. The highest BCUT2D eigenvalue weighted by Gasteiger charge is 2.11. The van der Waals surface area contributed by atoms with Crippen molar-refractivity contribution in [2.24, 2.45) is 0 Å². The van der Waals surface area contributed by atoms with Crippen LogP contribution in [0.2, 0.25) is 0 Å². The lowest BCUT2D eigenvalue weighted by atomic mass is 9.97. The van der Waals surface area contributed by atoms with Crippen LogP contribution in [0.5, 0.6) is 0 Å². The smallest absolute Gasteiger partial charge is 0.138 e. The summed E-state index contributed by atoms with van der Waals surface area (Å²) in [6.07, 6.45) is 1.13. The van der Waals surface area contributed by atoms with E-state index in [2.05, 4.69) is 103 Å². The number of benzene rings is 3. The van der Waals surface area contributed by atoms with Crippen LogP contribution in [0.15, 0.2) is 60.7 Å². The minimum absolute atomic E-state index is 0.384. The van der Waals surface area contributed by atoms with Gasteiger partial charge in [0.1, 0.15) is 11.6 Å². The van der Waals surface area contributed by atoms with Crippen molar-refractivity contribution in [1.29, 1.82) is 0 Å². The predicted octanol–water partition coefficient (Wildman–Crippen LogP) is 7.41. The number of H-pyrrole nitrogens is 2. The Morgan fingerprint density at radius 2 is 1.42 bits per heavy atom. The molecule has 0 spiro atoms. The first kappa shape index (κ1) is 19.6. The second-order valence-corrected chi connectivity index (χ2v) is 8.76. The summed E-state index contributed by atoms with van der Waals surface area (Å²) in [5.74, 6) is 2.88. The summed E-state index contributed by atoms with van der Waals surface area (Å²) in [7, 11) is 0. The van der Waals surface area contributed by atoms with E-state index in [0.717, 1.165) is 45.7 Å². The van der Waals surface area contributed by atoms with Crippen LogP contribution in [-0.4, -0.2) is 19.9 Å². The van der Waals surface area contributed by atoms with Crippen LogP contribution in [0.1, 0.15) is 57.3 Å². The summed E-state index contributed by atoms with van der Waals surface area (Å²) < 4.78 is 0. The summed E-state index contributed by atoms with van der Waals surface area (Å²) in [5, 5.41) is 0. The fourth-order valence-corrected chi connectivity index (χ4v) is 4.04. The van der Waals surface area contributed by atoms with Crippen molar-refractivity contribution >= 4 is 22.1 Å². The van der Waals surface area contributed by atoms with Crippen molar-refractivity contribution in [3.63, 3.8) is 0 Å². The van der Waals surface area contributed by atoms with Crippen molar-refractivity contribution in [3.05, 3.63) is 72.1 Å². The van der Waals surface area contributed by atoms with Crippen LogP contribution >= 0.6 is 0 Å². The van der Waals surface area contributed by atoms with Gasteiger partial charge < -0.3 is 9.97 Å². The van der Waals surface area contributed by atoms with Gasteiger partial charge in [0.15, 0.2) is 0 Å². The Balaban J connectivity index is 1.52. The molecule has 1 unspecified atom stereocenters. The molecule has 4 heteroatoms. The van der Waals surface area contributed by atoms with E-state index in [1.54, 1.807) is 0 Å². The molecule has 4 nitrogen and oxygen atoms in total. The maximum atomic E-state index is 4.84. The van der Waals surface area contributed by atoms with E-state index in [4.69, 9.17) is 4.98 Å². The first-order valence-electron chi connectivity index (χ1n) is 11.1. The molecule has 0 radical (unpaired) electrons. The molecule has 0 aliphatic heterocycles. The highest BCUT2D eigenvalue weighted by Crippen LogP contribution is 2.29. The summed E-state index contributed by atoms with van der Waals surface area (Å²) in [6.45, 7) is 8.80. The number of nitrogens with one attached hydrogen (secondary N) is 2. The van der Waals surface area contributed by atoms with Gasteiger partial charge in [0, 0.05) is 11.5 Å². The summed E-state index contributed by atoms with van der Waals surface area (Å²) in [5.41, 5.74) is 8.95. The van der Waals surface area contributed by atoms with Crippen molar-refractivity contribution in [2.75, 3.05) is 0 Å². The monoisotopic (exact) mass is 408 g/mol. The molecule has 0 fully saturated rings. The van der Waals surface area contributed by atoms with E-state index in [1.807, 2.05) is 0 Å². The van der Waals surface area contributed by atoms with Gasteiger partial charge in [-0.1, -0.05) is 58.0 Å². The third-order valence-corrected chi connectivity index (χ3v) is 6.20. The Hall–Kier alpha value is -3.40. The molecule has 0 saturated heterocycles. The van der Waals surface area contributed by atoms with E-state index in [1.165, 1.54) is 16.7 Å². The highest BCUT2D eigenvalue weighted by molar-refractivity contribution is 5.87. The molecule has 2 aromatic heterocycles. The minimum Gasteiger partial charge on any atom is -0.342 e. The number of hydrogen-bond donors (Lipinski definition) is 2. The van der Waals surface area contributed by atoms with Gasteiger partial charge in [-0.2, -0.15) is 0 Å². The van der Waals surface area contributed by atoms with Gasteiger partial charge >= 0.3 is 0 Å². The van der Waals surface area contributed by atoms with Gasteiger partial charge in [0.05, 0.1) is 22.1 Å². The second-order valence-electron chi connectivity index (χ2n) is 8.76. The van der Waals surface area contributed by atoms with E-state index in [0.29, 0.717) is 11.8 Å². The van der Waals surface area contributed by atoms with Gasteiger partial charge in [-0.05, 0) is 59.4 Å². The third-order valence-electron chi connectivity index (χ3n) is 6.20. The standard InChI is InChI=1S/C27H28N4/c1-5-17(4)18-7-6-8-21(13-18)27-29-23-12-10-20(15-25(23)31-27)19-9-11-22-24(14-19)30-26(28-22)16(2)3/h6-17H,5H2,1-4H3,(H,28,30)(H,29,31). The number of imidazole rings is 2. The van der Waals surface area contributed by atoms with Gasteiger partial charge in [0.25, 0.3) is 0 Å². The average Bonchev–Trinajstić information content (AvgIpc) is 3.42. The Bertz CT molecular complexity index is 1370. The maximum absolute atomic E-state index is 4.84. The van der Waals surface area contributed by atoms with E-state index >= 15 is 0 Å². The second kappa shape index (κ2) is 7.69. The van der Waals surface area contributed by atoms with E-state index in [9.17, 15) is 0 Å². The SMILES string of the molecule is CCC(C)c1cccc(-c2nc3ccc(-c4ccc5nc(C(C)C)[nH]c5c4)cc3[nH]2)c1. The fourth-order valence-electron chi connectivity index (χ4n) is 4.04. The molecule has 5 aromatic rings. The van der Waals surface area contributed by atoms with Crippen LogP contribution < -0.4 is 0 Å². The van der Waals surface area contributed by atoms with Crippen molar-refractivity contribution in [3.8, 4) is 22.5 Å². The quantitative estimate of drug-likeness (QED) is 0.318. The Kier molecular flexibility index (Phi) is 4.85. The summed E-state index contributed by atoms with van der Waals surface area (Å²) in [6, 6.07) is 21.6. The average molecular weight is 409 g/mol. The minimum atomic E-state index is 0.384. The first-order valence-corrected chi connectivity index (χ1v) is 11.1. The van der Waals surface area contributed by atoms with E-state index in [-0.39, 0.29) is 0 Å². The summed E-state index contributed by atoms with van der Waals surface area (Å²) >= 11 is 0. The lowest BCUT2D eigenvalue weighted by Gasteiger charge is -2.09. The molecule has 3 aromatic carbocycles. The third kappa shape index (κ3) is 3.63. The van der Waals surface area contributed by atoms with Gasteiger partial charge in [-0.15, -0.1) is 0 Å². The van der Waals surface area contributed by atoms with E-state index < -0.39 is 0 Å². The number of rotatable bonds is 5. The molecule has 0 amide bonds. The van der Waals surface area contributed by atoms with Gasteiger partial charge in [0.2, 0.25) is 0 Å². The molecule has 156 valence electrons. The van der Waals surface area contributed by atoms with Gasteiger partial charge in [-0.3, -0.25) is 0 Å². The molecule has 5 rings (SSSR count). The van der Waals surface area contributed by atoms with Crippen LogP contribution in [0.4, 0.5) is 0 Å². The highest BCUT2D eigenvalue weighted by atomic mass is 14.9. The molecule has 0 saturated carbocycles. The predicted molar refractivity (Wildman–Crippen MR) is 129 cm³/mol. The largest absolute Gasteiger partial charge is 0.342 e. The molecule has 2 N–H and O–H groups in total. The summed E-state index contributed by atoms with van der Waals surface area (Å²) in [4.78, 5) is 16.5. The van der Waals surface area contributed by atoms with Gasteiger partial charge in [-0.25, -0.2) is 9.97 Å². The lowest BCUT2D eigenvalue weighted by molar-refractivity contribution is 0.734. The molecule has 0 aliphatic rings. The van der Waals surface area contributed by atoms with Crippen molar-refractivity contribution in [2.45, 2.75) is 46.0 Å². The van der Waals surface area contributed by atoms with Crippen LogP contribution in [0.25, 0.3) is 44.6 Å². The molecule has 2 heterocycles. The van der Waals surface area contributed by atoms with Crippen molar-refractivity contribution < 1.29 is 0 Å². The molecule has 1 atom stereocenters. The number of fused-ring (bicyclic) bond motifs is 2. The maximum Gasteiger partial charge on any atom is 0.138 e. The molecule has 31 heavy (non-hydrogen) atoms.